The van der Waals surface area contributed by atoms with Gasteiger partial charge in [0.05, 0.1) is 0 Å². The van der Waals surface area contributed by atoms with Crippen LogP contribution in [0.1, 0.15) is 53.9 Å². The van der Waals surface area contributed by atoms with Crippen LogP contribution in [0.15, 0.2) is 0 Å². The van der Waals surface area contributed by atoms with E-state index in [0.717, 1.165) is 19.1 Å². The van der Waals surface area contributed by atoms with Crippen molar-refractivity contribution in [1.82, 2.24) is 0 Å². The maximum Gasteiger partial charge on any atom is 0.0471 e. The Hall–Kier alpha value is -0.0400. The molecule has 0 saturated heterocycles. The molecule has 0 rings (SSSR count). The molecule has 0 aromatic carbocycles. The molecule has 2 unspecified atom stereocenters. The minimum atomic E-state index is 0.476. The first kappa shape index (κ1) is 13.0. The highest BCUT2D eigenvalue weighted by molar-refractivity contribution is 4.77. The second kappa shape index (κ2) is 6.42. The molecule has 1 heteroatoms. The lowest BCUT2D eigenvalue weighted by Gasteiger charge is -2.34. The molecule has 0 saturated carbocycles. The van der Waals surface area contributed by atoms with E-state index in [1.807, 2.05) is 0 Å². The van der Waals surface area contributed by atoms with E-state index < -0.39 is 0 Å². The summed E-state index contributed by atoms with van der Waals surface area (Å²) in [5.74, 6) is 0.804. The molecular formula is C12H26O. The molecule has 80 valence electrons. The summed E-state index contributed by atoms with van der Waals surface area (Å²) in [6, 6.07) is 0. The van der Waals surface area contributed by atoms with Gasteiger partial charge in [-0.1, -0.05) is 40.5 Å². The van der Waals surface area contributed by atoms with E-state index in [2.05, 4.69) is 34.6 Å². The predicted octanol–water partition coefficient (Wildman–Crippen LogP) is 3.88. The Kier molecular flexibility index (Phi) is 6.40. The van der Waals surface area contributed by atoms with Crippen molar-refractivity contribution in [3.8, 4) is 0 Å². The molecule has 0 radical (unpaired) electrons. The number of rotatable bonds is 7. The summed E-state index contributed by atoms with van der Waals surface area (Å²) < 4.78 is 5.43. The van der Waals surface area contributed by atoms with Gasteiger partial charge in [0.1, 0.15) is 0 Å². The zero-order valence-electron chi connectivity index (χ0n) is 10.0. The zero-order chi connectivity index (χ0) is 10.3. The van der Waals surface area contributed by atoms with Gasteiger partial charge >= 0.3 is 0 Å². The normalized spacial score (nSPS) is 18.2. The quantitative estimate of drug-likeness (QED) is 0.548. The molecular weight excluding hydrogens is 160 g/mol. The van der Waals surface area contributed by atoms with Crippen molar-refractivity contribution >= 4 is 0 Å². The van der Waals surface area contributed by atoms with Crippen LogP contribution in [0.5, 0.6) is 0 Å². The summed E-state index contributed by atoms with van der Waals surface area (Å²) in [5, 5.41) is 0. The van der Waals surface area contributed by atoms with Gasteiger partial charge in [-0.15, -0.1) is 0 Å². The SMILES string of the molecule is CCOCCC(C)(CC)C(C)CC. The van der Waals surface area contributed by atoms with E-state index in [4.69, 9.17) is 4.74 Å². The second-order valence-electron chi connectivity index (χ2n) is 4.26. The predicted molar refractivity (Wildman–Crippen MR) is 59.0 cm³/mol. The third kappa shape index (κ3) is 4.12. The Morgan fingerprint density at radius 2 is 1.85 bits per heavy atom. The van der Waals surface area contributed by atoms with Crippen LogP contribution in [0.2, 0.25) is 0 Å². The van der Waals surface area contributed by atoms with Crippen molar-refractivity contribution in [2.24, 2.45) is 11.3 Å². The van der Waals surface area contributed by atoms with Crippen LogP contribution in [0.25, 0.3) is 0 Å². The van der Waals surface area contributed by atoms with Crippen molar-refractivity contribution in [2.45, 2.75) is 53.9 Å². The number of hydrogen-bond donors (Lipinski definition) is 0. The van der Waals surface area contributed by atoms with Crippen molar-refractivity contribution in [2.75, 3.05) is 13.2 Å². The van der Waals surface area contributed by atoms with Crippen LogP contribution in [0.3, 0.4) is 0 Å². The molecule has 0 aromatic rings. The minimum Gasteiger partial charge on any atom is -0.382 e. The van der Waals surface area contributed by atoms with E-state index in [9.17, 15) is 0 Å². The fourth-order valence-electron chi connectivity index (χ4n) is 1.71. The molecule has 0 spiro atoms. The van der Waals surface area contributed by atoms with Crippen LogP contribution in [-0.2, 0) is 4.74 Å². The minimum absolute atomic E-state index is 0.476. The van der Waals surface area contributed by atoms with E-state index in [0.29, 0.717) is 5.41 Å². The topological polar surface area (TPSA) is 9.23 Å². The lowest BCUT2D eigenvalue weighted by Crippen LogP contribution is -2.26. The second-order valence-corrected chi connectivity index (χ2v) is 4.26. The van der Waals surface area contributed by atoms with Crippen molar-refractivity contribution in [3.63, 3.8) is 0 Å². The van der Waals surface area contributed by atoms with Gasteiger partial charge in [0.2, 0.25) is 0 Å². The molecule has 0 bridgehead atoms. The lowest BCUT2D eigenvalue weighted by molar-refractivity contribution is 0.0785. The van der Waals surface area contributed by atoms with Crippen molar-refractivity contribution in [1.29, 1.82) is 0 Å². The summed E-state index contributed by atoms with van der Waals surface area (Å²) in [6.45, 7) is 13.1. The summed E-state index contributed by atoms with van der Waals surface area (Å²) in [4.78, 5) is 0. The number of ether oxygens (including phenoxy) is 1. The molecule has 0 aliphatic heterocycles. The Bertz CT molecular complexity index is 122. The van der Waals surface area contributed by atoms with Crippen LogP contribution in [0, 0.1) is 11.3 Å². The van der Waals surface area contributed by atoms with Gasteiger partial charge in [-0.05, 0) is 24.7 Å². The van der Waals surface area contributed by atoms with Gasteiger partial charge in [-0.25, -0.2) is 0 Å². The average molecular weight is 186 g/mol. The maximum atomic E-state index is 5.43. The Balaban J connectivity index is 3.95. The Labute approximate surface area is 83.9 Å². The zero-order valence-corrected chi connectivity index (χ0v) is 10.0. The summed E-state index contributed by atoms with van der Waals surface area (Å²) in [7, 11) is 0. The third-order valence-corrected chi connectivity index (χ3v) is 3.63. The van der Waals surface area contributed by atoms with E-state index >= 15 is 0 Å². The summed E-state index contributed by atoms with van der Waals surface area (Å²) in [6.07, 6.45) is 3.73. The van der Waals surface area contributed by atoms with E-state index in [1.54, 1.807) is 0 Å². The summed E-state index contributed by atoms with van der Waals surface area (Å²) >= 11 is 0. The molecule has 0 aliphatic carbocycles. The molecule has 1 nitrogen and oxygen atoms in total. The molecule has 2 atom stereocenters. The van der Waals surface area contributed by atoms with Gasteiger partial charge in [-0.2, -0.15) is 0 Å². The highest BCUT2D eigenvalue weighted by Gasteiger charge is 2.27. The molecule has 0 fully saturated rings. The molecule has 0 N–H and O–H groups in total. The largest absolute Gasteiger partial charge is 0.382 e. The highest BCUT2D eigenvalue weighted by Crippen LogP contribution is 2.36. The van der Waals surface area contributed by atoms with E-state index in [1.165, 1.54) is 19.3 Å². The van der Waals surface area contributed by atoms with Crippen molar-refractivity contribution in [3.05, 3.63) is 0 Å². The molecule has 13 heavy (non-hydrogen) atoms. The Morgan fingerprint density at radius 3 is 2.23 bits per heavy atom. The first-order chi connectivity index (χ1) is 6.10. The van der Waals surface area contributed by atoms with Crippen molar-refractivity contribution < 1.29 is 4.74 Å². The standard InChI is InChI=1S/C12H26O/c1-6-11(4)12(5,7-2)9-10-13-8-3/h11H,6-10H2,1-5H3. The molecule has 0 heterocycles. The smallest absolute Gasteiger partial charge is 0.0471 e. The van der Waals surface area contributed by atoms with Gasteiger partial charge in [0.25, 0.3) is 0 Å². The van der Waals surface area contributed by atoms with Gasteiger partial charge < -0.3 is 4.74 Å². The monoisotopic (exact) mass is 186 g/mol. The fraction of sp³-hybridized carbons (Fsp3) is 1.00. The van der Waals surface area contributed by atoms with E-state index in [-0.39, 0.29) is 0 Å². The summed E-state index contributed by atoms with van der Waals surface area (Å²) in [5.41, 5.74) is 0.476. The average Bonchev–Trinajstić information content (AvgIpc) is 2.16. The van der Waals surface area contributed by atoms with Crippen LogP contribution in [-0.4, -0.2) is 13.2 Å². The lowest BCUT2D eigenvalue weighted by atomic mass is 9.72. The Morgan fingerprint density at radius 1 is 1.23 bits per heavy atom. The molecule has 0 aromatic heterocycles. The highest BCUT2D eigenvalue weighted by atomic mass is 16.5. The van der Waals surface area contributed by atoms with Crippen LogP contribution >= 0.6 is 0 Å². The van der Waals surface area contributed by atoms with Crippen LogP contribution in [0.4, 0.5) is 0 Å². The van der Waals surface area contributed by atoms with Crippen LogP contribution < -0.4 is 0 Å². The third-order valence-electron chi connectivity index (χ3n) is 3.63. The maximum absolute atomic E-state index is 5.43. The number of hydrogen-bond acceptors (Lipinski definition) is 1. The first-order valence-corrected chi connectivity index (χ1v) is 5.68. The van der Waals surface area contributed by atoms with Gasteiger partial charge in [0, 0.05) is 13.2 Å². The van der Waals surface area contributed by atoms with Gasteiger partial charge in [0.15, 0.2) is 0 Å². The molecule has 0 aliphatic rings. The fourth-order valence-corrected chi connectivity index (χ4v) is 1.71. The molecule has 0 amide bonds. The first-order valence-electron chi connectivity index (χ1n) is 5.68. The van der Waals surface area contributed by atoms with Gasteiger partial charge in [-0.3, -0.25) is 0 Å².